The molecule has 0 bridgehead atoms. The summed E-state index contributed by atoms with van der Waals surface area (Å²) in [5.74, 6) is 1.39. The summed E-state index contributed by atoms with van der Waals surface area (Å²) in [6.45, 7) is 3.22. The Labute approximate surface area is 179 Å². The van der Waals surface area contributed by atoms with Gasteiger partial charge < -0.3 is 19.8 Å². The fourth-order valence-corrected chi connectivity index (χ4v) is 4.85. The number of hydrogen-bond acceptors (Lipinski definition) is 4. The molecular weight excluding hydrogens is 393 g/mol. The zero-order valence-electron chi connectivity index (χ0n) is 17.4. The largest absolute Gasteiger partial charge is 0.486 e. The Morgan fingerprint density at radius 3 is 3.03 bits per heavy atom. The highest BCUT2D eigenvalue weighted by Gasteiger charge is 2.26. The van der Waals surface area contributed by atoms with Crippen molar-refractivity contribution in [3.8, 4) is 11.5 Å². The summed E-state index contributed by atoms with van der Waals surface area (Å²) < 4.78 is 26.0. The van der Waals surface area contributed by atoms with E-state index >= 15 is 0 Å². The number of nitrogens with one attached hydrogen (secondary N) is 2. The van der Waals surface area contributed by atoms with Gasteiger partial charge in [-0.3, -0.25) is 4.98 Å². The Kier molecular flexibility index (Phi) is 4.35. The summed E-state index contributed by atoms with van der Waals surface area (Å²) in [7, 11) is 0. The lowest BCUT2D eigenvalue weighted by molar-refractivity contribution is 0.0896. The van der Waals surface area contributed by atoms with Gasteiger partial charge in [-0.15, -0.1) is 0 Å². The summed E-state index contributed by atoms with van der Waals surface area (Å²) in [5.41, 5.74) is 5.39. The van der Waals surface area contributed by atoms with Crippen molar-refractivity contribution in [1.29, 1.82) is 0 Å². The molecule has 1 aliphatic heterocycles. The van der Waals surface area contributed by atoms with Gasteiger partial charge >= 0.3 is 0 Å². The third-order valence-electron chi connectivity index (χ3n) is 6.42. The van der Waals surface area contributed by atoms with E-state index in [1.165, 1.54) is 17.3 Å². The van der Waals surface area contributed by atoms with E-state index in [4.69, 9.17) is 9.47 Å². The maximum atomic E-state index is 13.7. The molecule has 4 aromatic rings. The van der Waals surface area contributed by atoms with Crippen LogP contribution >= 0.6 is 0 Å². The topological polar surface area (TPSA) is 59.2 Å². The van der Waals surface area contributed by atoms with E-state index in [-0.39, 0.29) is 11.9 Å². The summed E-state index contributed by atoms with van der Waals surface area (Å²) in [6.07, 6.45) is 2.81. The third-order valence-corrected chi connectivity index (χ3v) is 6.42. The highest BCUT2D eigenvalue weighted by Crippen LogP contribution is 2.38. The van der Waals surface area contributed by atoms with Crippen molar-refractivity contribution in [2.75, 3.05) is 13.2 Å². The number of ether oxygens (including phenoxy) is 2. The van der Waals surface area contributed by atoms with Crippen LogP contribution < -0.4 is 14.8 Å². The fourth-order valence-electron chi connectivity index (χ4n) is 4.85. The molecule has 2 N–H and O–H groups in total. The summed E-state index contributed by atoms with van der Waals surface area (Å²) in [5, 5.41) is 5.67. The van der Waals surface area contributed by atoms with Crippen molar-refractivity contribution in [2.24, 2.45) is 0 Å². The van der Waals surface area contributed by atoms with Crippen molar-refractivity contribution >= 4 is 21.8 Å². The average Bonchev–Trinajstić information content (AvgIpc) is 3.14. The number of hydrogen-bond donors (Lipinski definition) is 2. The second kappa shape index (κ2) is 7.24. The number of rotatable bonds is 3. The fraction of sp³-hybridized carbons (Fsp3) is 0.320. The first-order chi connectivity index (χ1) is 15.1. The molecule has 0 amide bonds. The van der Waals surface area contributed by atoms with Crippen LogP contribution in [0, 0.1) is 12.7 Å². The molecule has 0 radical (unpaired) electrons. The molecule has 0 fully saturated rings. The van der Waals surface area contributed by atoms with Crippen LogP contribution in [0.4, 0.5) is 4.39 Å². The standard InChI is InChI=1S/C25H24FN3O2/c1-14-2-5-19-21(28-14)8-9-24-25(19)31-17(13-30-24)12-27-16-4-6-18-20-10-15(26)3-7-22(20)29-23(18)11-16/h2-3,5,7-10,16-17,27,29H,4,6,11-13H2,1H3/t16-,17+/m1/s1. The Hall–Kier alpha value is -3.12. The van der Waals surface area contributed by atoms with Crippen molar-refractivity contribution in [3.05, 3.63) is 65.2 Å². The average molecular weight is 417 g/mol. The van der Waals surface area contributed by atoms with Gasteiger partial charge in [-0.05, 0) is 67.8 Å². The van der Waals surface area contributed by atoms with Crippen molar-refractivity contribution in [1.82, 2.24) is 15.3 Å². The minimum atomic E-state index is -0.179. The van der Waals surface area contributed by atoms with E-state index in [0.717, 1.165) is 58.3 Å². The number of aromatic nitrogens is 2. The van der Waals surface area contributed by atoms with E-state index in [9.17, 15) is 4.39 Å². The number of H-pyrrole nitrogens is 1. The van der Waals surface area contributed by atoms with Crippen molar-refractivity contribution in [3.63, 3.8) is 0 Å². The predicted octanol–water partition coefficient (Wildman–Crippen LogP) is 4.45. The Balaban J connectivity index is 1.15. The van der Waals surface area contributed by atoms with E-state index in [2.05, 4.69) is 21.4 Å². The first-order valence-electron chi connectivity index (χ1n) is 10.9. The summed E-state index contributed by atoms with van der Waals surface area (Å²) in [6, 6.07) is 13.3. The molecule has 2 aromatic heterocycles. The Bertz CT molecular complexity index is 1300. The quantitative estimate of drug-likeness (QED) is 0.517. The van der Waals surface area contributed by atoms with E-state index in [1.54, 1.807) is 6.07 Å². The lowest BCUT2D eigenvalue weighted by Crippen LogP contribution is -2.44. The molecule has 0 saturated heterocycles. The number of pyridine rings is 1. The molecule has 158 valence electrons. The van der Waals surface area contributed by atoms with Gasteiger partial charge in [-0.1, -0.05) is 0 Å². The third kappa shape index (κ3) is 3.31. The molecule has 6 rings (SSSR count). The lowest BCUT2D eigenvalue weighted by Gasteiger charge is -2.30. The maximum Gasteiger partial charge on any atom is 0.171 e. The van der Waals surface area contributed by atoms with Gasteiger partial charge in [-0.2, -0.15) is 0 Å². The molecule has 3 heterocycles. The first kappa shape index (κ1) is 18.6. The SMILES string of the molecule is Cc1ccc2c3c(ccc2n1)OC[C@H](CN[C@@H]1CCc2c([nH]c4ccc(F)cc24)C1)O3. The van der Waals surface area contributed by atoms with E-state index < -0.39 is 0 Å². The van der Waals surface area contributed by atoms with Crippen LogP contribution in [-0.2, 0) is 12.8 Å². The van der Waals surface area contributed by atoms with Crippen molar-refractivity contribution in [2.45, 2.75) is 38.3 Å². The second-order valence-corrected chi connectivity index (χ2v) is 8.58. The number of aryl methyl sites for hydroxylation is 2. The van der Waals surface area contributed by atoms with E-state index in [1.807, 2.05) is 31.2 Å². The smallest absolute Gasteiger partial charge is 0.171 e. The minimum absolute atomic E-state index is 0.0578. The van der Waals surface area contributed by atoms with Crippen LogP contribution in [0.1, 0.15) is 23.4 Å². The molecule has 2 atom stereocenters. The van der Waals surface area contributed by atoms with E-state index in [0.29, 0.717) is 19.2 Å². The predicted molar refractivity (Wildman–Crippen MR) is 118 cm³/mol. The molecule has 0 saturated carbocycles. The molecule has 2 aromatic carbocycles. The lowest BCUT2D eigenvalue weighted by atomic mass is 9.91. The first-order valence-corrected chi connectivity index (χ1v) is 10.9. The van der Waals surface area contributed by atoms with Crippen LogP contribution in [0.25, 0.3) is 21.8 Å². The van der Waals surface area contributed by atoms with Crippen molar-refractivity contribution < 1.29 is 13.9 Å². The molecule has 0 spiro atoms. The highest BCUT2D eigenvalue weighted by atomic mass is 19.1. The molecule has 6 heteroatoms. The molecular formula is C25H24FN3O2. The van der Waals surface area contributed by atoms with Gasteiger partial charge in [0, 0.05) is 46.7 Å². The molecule has 0 unspecified atom stereocenters. The number of benzene rings is 2. The number of aromatic amines is 1. The maximum absolute atomic E-state index is 13.7. The van der Waals surface area contributed by atoms with Gasteiger partial charge in [0.1, 0.15) is 18.5 Å². The molecule has 5 nitrogen and oxygen atoms in total. The number of fused-ring (bicyclic) bond motifs is 6. The van der Waals surface area contributed by atoms with Crippen LogP contribution in [0.3, 0.4) is 0 Å². The Morgan fingerprint density at radius 1 is 1.16 bits per heavy atom. The molecule has 31 heavy (non-hydrogen) atoms. The molecule has 1 aliphatic carbocycles. The van der Waals surface area contributed by atoms with Crippen LogP contribution in [0.5, 0.6) is 11.5 Å². The minimum Gasteiger partial charge on any atom is -0.486 e. The van der Waals surface area contributed by atoms with Gasteiger partial charge in [0.2, 0.25) is 0 Å². The zero-order chi connectivity index (χ0) is 20.9. The van der Waals surface area contributed by atoms with Crippen LogP contribution in [-0.4, -0.2) is 35.3 Å². The monoisotopic (exact) mass is 417 g/mol. The van der Waals surface area contributed by atoms with Gasteiger partial charge in [0.05, 0.1) is 5.52 Å². The normalized spacial score (nSPS) is 20.2. The number of halogens is 1. The zero-order valence-corrected chi connectivity index (χ0v) is 17.4. The van der Waals surface area contributed by atoms with Gasteiger partial charge in [0.25, 0.3) is 0 Å². The van der Waals surface area contributed by atoms with Crippen LogP contribution in [0.15, 0.2) is 42.5 Å². The summed E-state index contributed by atoms with van der Waals surface area (Å²) >= 11 is 0. The molecule has 2 aliphatic rings. The Morgan fingerprint density at radius 2 is 2.10 bits per heavy atom. The second-order valence-electron chi connectivity index (χ2n) is 8.58. The summed E-state index contributed by atoms with van der Waals surface area (Å²) in [4.78, 5) is 8.07. The van der Waals surface area contributed by atoms with Gasteiger partial charge in [0.15, 0.2) is 11.5 Å². The number of nitrogens with zero attached hydrogens (tertiary/aromatic N) is 1. The van der Waals surface area contributed by atoms with Crippen LogP contribution in [0.2, 0.25) is 0 Å². The highest BCUT2D eigenvalue weighted by molar-refractivity contribution is 5.88. The van der Waals surface area contributed by atoms with Gasteiger partial charge in [-0.25, -0.2) is 4.39 Å².